The van der Waals surface area contributed by atoms with Crippen molar-refractivity contribution in [2.24, 2.45) is 5.92 Å². The van der Waals surface area contributed by atoms with E-state index in [-0.39, 0.29) is 5.91 Å². The van der Waals surface area contributed by atoms with Crippen molar-refractivity contribution in [2.75, 3.05) is 44.2 Å². The first-order chi connectivity index (χ1) is 15.6. The Kier molecular flexibility index (Phi) is 8.10. The number of amides is 1. The van der Waals surface area contributed by atoms with Gasteiger partial charge in [-0.05, 0) is 67.5 Å². The minimum atomic E-state index is 0.256. The molecule has 2 aliphatic rings. The van der Waals surface area contributed by atoms with E-state index in [4.69, 9.17) is 11.6 Å². The highest BCUT2D eigenvalue weighted by Crippen LogP contribution is 2.31. The minimum absolute atomic E-state index is 0.256. The molecule has 1 aliphatic carbocycles. The zero-order chi connectivity index (χ0) is 22.3. The third kappa shape index (κ3) is 6.49. The van der Waals surface area contributed by atoms with Gasteiger partial charge in [-0.15, -0.1) is 0 Å². The molecule has 4 rings (SSSR count). The molecule has 0 bridgehead atoms. The van der Waals surface area contributed by atoms with Gasteiger partial charge < -0.3 is 9.80 Å². The van der Waals surface area contributed by atoms with Crippen molar-refractivity contribution in [3.63, 3.8) is 0 Å². The molecular weight excluding hydrogens is 418 g/mol. The molecule has 4 nitrogen and oxygen atoms in total. The Labute approximate surface area is 198 Å². The fourth-order valence-electron chi connectivity index (χ4n) is 4.67. The van der Waals surface area contributed by atoms with Crippen molar-refractivity contribution >= 4 is 23.2 Å². The molecule has 0 radical (unpaired) electrons. The summed E-state index contributed by atoms with van der Waals surface area (Å²) >= 11 is 5.96. The fourth-order valence-corrected chi connectivity index (χ4v) is 4.79. The second-order valence-electron chi connectivity index (χ2n) is 9.30. The van der Waals surface area contributed by atoms with Crippen LogP contribution in [0, 0.1) is 5.92 Å². The second-order valence-corrected chi connectivity index (χ2v) is 9.74. The highest BCUT2D eigenvalue weighted by Gasteiger charge is 2.26. The van der Waals surface area contributed by atoms with Crippen LogP contribution < -0.4 is 4.90 Å². The maximum atomic E-state index is 12.7. The maximum absolute atomic E-state index is 12.7. The molecule has 0 unspecified atom stereocenters. The highest BCUT2D eigenvalue weighted by atomic mass is 35.5. The quantitative estimate of drug-likeness (QED) is 0.492. The first-order valence-electron chi connectivity index (χ1n) is 12.2. The van der Waals surface area contributed by atoms with E-state index < -0.39 is 0 Å². The first-order valence-corrected chi connectivity index (χ1v) is 12.6. The standard InChI is InChI=1S/C27H36ClN3O/c1-2-15-29(20-23-7-8-23)21-24-5-3-4-6-26(24)30-16-18-31(19-17-30)27(32)14-11-22-9-12-25(28)13-10-22/h3-6,9-10,12-13,23H,2,7-8,11,14-21H2,1H3. The number of benzene rings is 2. The molecule has 2 fully saturated rings. The number of hydrogen-bond donors (Lipinski definition) is 0. The lowest BCUT2D eigenvalue weighted by Crippen LogP contribution is -2.49. The maximum Gasteiger partial charge on any atom is 0.223 e. The average Bonchev–Trinajstić information content (AvgIpc) is 3.63. The molecule has 1 saturated heterocycles. The Morgan fingerprint density at radius 2 is 1.75 bits per heavy atom. The summed E-state index contributed by atoms with van der Waals surface area (Å²) in [7, 11) is 0. The predicted octanol–water partition coefficient (Wildman–Crippen LogP) is 5.24. The van der Waals surface area contributed by atoms with Crippen molar-refractivity contribution in [3.8, 4) is 0 Å². The van der Waals surface area contributed by atoms with E-state index >= 15 is 0 Å². The van der Waals surface area contributed by atoms with Crippen LogP contribution >= 0.6 is 11.6 Å². The number of carbonyl (C=O) groups excluding carboxylic acids is 1. The molecule has 2 aromatic carbocycles. The third-order valence-electron chi connectivity index (χ3n) is 6.65. The summed E-state index contributed by atoms with van der Waals surface area (Å²) in [6, 6.07) is 16.7. The van der Waals surface area contributed by atoms with E-state index in [0.717, 1.165) is 55.6 Å². The van der Waals surface area contributed by atoms with Gasteiger partial charge >= 0.3 is 0 Å². The van der Waals surface area contributed by atoms with Crippen molar-refractivity contribution in [3.05, 3.63) is 64.7 Å². The molecule has 0 aromatic heterocycles. The summed E-state index contributed by atoms with van der Waals surface area (Å²) in [5, 5.41) is 0.738. The van der Waals surface area contributed by atoms with Crippen LogP contribution in [0.15, 0.2) is 48.5 Å². The van der Waals surface area contributed by atoms with Crippen molar-refractivity contribution in [1.29, 1.82) is 0 Å². The van der Waals surface area contributed by atoms with Crippen LogP contribution in [0.1, 0.15) is 43.7 Å². The van der Waals surface area contributed by atoms with Gasteiger partial charge in [0.15, 0.2) is 0 Å². The van der Waals surface area contributed by atoms with Gasteiger partial charge in [0.2, 0.25) is 5.91 Å². The molecule has 5 heteroatoms. The largest absolute Gasteiger partial charge is 0.368 e. The lowest BCUT2D eigenvalue weighted by atomic mass is 10.1. The van der Waals surface area contributed by atoms with Gasteiger partial charge in [0, 0.05) is 56.4 Å². The number of carbonyl (C=O) groups is 1. The predicted molar refractivity (Wildman–Crippen MR) is 133 cm³/mol. The molecule has 0 atom stereocenters. The zero-order valence-electron chi connectivity index (χ0n) is 19.3. The van der Waals surface area contributed by atoms with Gasteiger partial charge in [-0.25, -0.2) is 0 Å². The molecular formula is C27H36ClN3O. The van der Waals surface area contributed by atoms with Crippen molar-refractivity contribution < 1.29 is 4.79 Å². The molecule has 0 spiro atoms. The lowest BCUT2D eigenvalue weighted by Gasteiger charge is -2.37. The number of anilines is 1. The van der Waals surface area contributed by atoms with Crippen LogP contribution in [0.2, 0.25) is 5.02 Å². The fraction of sp³-hybridized carbons (Fsp3) is 0.519. The number of rotatable bonds is 10. The summed E-state index contributed by atoms with van der Waals surface area (Å²) in [4.78, 5) is 19.9. The van der Waals surface area contributed by atoms with Gasteiger partial charge in [0.05, 0.1) is 0 Å². The number of piperazine rings is 1. The van der Waals surface area contributed by atoms with Crippen LogP contribution in [0.25, 0.3) is 0 Å². The SMILES string of the molecule is CCCN(Cc1ccccc1N1CCN(C(=O)CCc2ccc(Cl)cc2)CC1)CC1CC1. The van der Waals surface area contributed by atoms with E-state index in [1.165, 1.54) is 43.6 Å². The first kappa shape index (κ1) is 23.1. The number of aryl methyl sites for hydroxylation is 1. The molecule has 1 heterocycles. The number of nitrogens with zero attached hydrogens (tertiary/aromatic N) is 3. The molecule has 1 saturated carbocycles. The molecule has 2 aromatic rings. The Hall–Kier alpha value is -2.04. The number of hydrogen-bond acceptors (Lipinski definition) is 3. The molecule has 172 valence electrons. The van der Waals surface area contributed by atoms with Crippen LogP contribution in [-0.2, 0) is 17.8 Å². The van der Waals surface area contributed by atoms with E-state index in [1.54, 1.807) is 0 Å². The van der Waals surface area contributed by atoms with Gasteiger partial charge in [0.1, 0.15) is 0 Å². The highest BCUT2D eigenvalue weighted by molar-refractivity contribution is 6.30. The third-order valence-corrected chi connectivity index (χ3v) is 6.90. The van der Waals surface area contributed by atoms with Crippen molar-refractivity contribution in [2.45, 2.75) is 45.6 Å². The molecule has 1 amide bonds. The van der Waals surface area contributed by atoms with Crippen LogP contribution in [-0.4, -0.2) is 55.0 Å². The topological polar surface area (TPSA) is 26.8 Å². The minimum Gasteiger partial charge on any atom is -0.368 e. The molecule has 1 aliphatic heterocycles. The second kappa shape index (κ2) is 11.2. The lowest BCUT2D eigenvalue weighted by molar-refractivity contribution is -0.131. The zero-order valence-corrected chi connectivity index (χ0v) is 20.1. The summed E-state index contributed by atoms with van der Waals surface area (Å²) < 4.78 is 0. The smallest absolute Gasteiger partial charge is 0.223 e. The number of para-hydroxylation sites is 1. The van der Waals surface area contributed by atoms with Gasteiger partial charge in [-0.2, -0.15) is 0 Å². The van der Waals surface area contributed by atoms with E-state index in [9.17, 15) is 4.79 Å². The normalized spacial score (nSPS) is 16.6. The van der Waals surface area contributed by atoms with Crippen LogP contribution in [0.3, 0.4) is 0 Å². The van der Waals surface area contributed by atoms with E-state index in [1.807, 2.05) is 29.2 Å². The van der Waals surface area contributed by atoms with Gasteiger partial charge in [0.25, 0.3) is 0 Å². The Balaban J connectivity index is 1.30. The molecule has 0 N–H and O–H groups in total. The van der Waals surface area contributed by atoms with E-state index in [2.05, 4.69) is 41.0 Å². The van der Waals surface area contributed by atoms with Gasteiger partial charge in [-0.3, -0.25) is 9.69 Å². The van der Waals surface area contributed by atoms with Crippen LogP contribution in [0.4, 0.5) is 5.69 Å². The Bertz CT molecular complexity index is 873. The number of halogens is 1. The monoisotopic (exact) mass is 453 g/mol. The van der Waals surface area contributed by atoms with Crippen molar-refractivity contribution in [1.82, 2.24) is 9.80 Å². The molecule has 32 heavy (non-hydrogen) atoms. The van der Waals surface area contributed by atoms with Crippen LogP contribution in [0.5, 0.6) is 0 Å². The van der Waals surface area contributed by atoms with E-state index in [0.29, 0.717) is 6.42 Å². The van der Waals surface area contributed by atoms with Gasteiger partial charge in [-0.1, -0.05) is 48.9 Å². The summed E-state index contributed by atoms with van der Waals surface area (Å²) in [5.41, 5.74) is 3.93. The average molecular weight is 454 g/mol. The summed E-state index contributed by atoms with van der Waals surface area (Å²) in [6.07, 6.45) is 5.33. The Morgan fingerprint density at radius 1 is 1.03 bits per heavy atom. The summed E-state index contributed by atoms with van der Waals surface area (Å²) in [5.74, 6) is 1.17. The summed E-state index contributed by atoms with van der Waals surface area (Å²) in [6.45, 7) is 9.11. The Morgan fingerprint density at radius 3 is 2.44 bits per heavy atom.